The van der Waals surface area contributed by atoms with E-state index in [1.807, 2.05) is 0 Å². The largest absolute Gasteiger partial charge is 0.695 e. The van der Waals surface area contributed by atoms with Crippen molar-refractivity contribution >= 4 is 14.0 Å². The van der Waals surface area contributed by atoms with E-state index in [0.717, 1.165) is 18.8 Å². The molecule has 0 aromatic rings. The molecule has 104 valence electrons. The van der Waals surface area contributed by atoms with Gasteiger partial charge in [0.15, 0.2) is 12.4 Å². The van der Waals surface area contributed by atoms with Crippen LogP contribution in [-0.4, -0.2) is 17.3 Å². The van der Waals surface area contributed by atoms with Crippen LogP contribution in [0.4, 0.5) is 0 Å². The number of ketones is 1. The Bertz CT molecular complexity index is 262. The normalized spacial score (nSPS) is 17.7. The van der Waals surface area contributed by atoms with Crippen LogP contribution in [0.25, 0.3) is 0 Å². The lowest BCUT2D eigenvalue weighted by molar-refractivity contribution is -0.121. The minimum atomic E-state index is -2.63. The van der Waals surface area contributed by atoms with E-state index in [0.29, 0.717) is 6.42 Å². The fraction of sp³-hybridized carbons (Fsp3) is 0.923. The molecule has 1 aliphatic rings. The molecule has 0 aromatic carbocycles. The molecule has 4 nitrogen and oxygen atoms in total. The maximum Gasteiger partial charge on any atom is 0.695 e. The zero-order chi connectivity index (χ0) is 13.2. The quantitative estimate of drug-likeness (QED) is 0.514. The van der Waals surface area contributed by atoms with Crippen LogP contribution in [0.1, 0.15) is 64.2 Å². The zero-order valence-electron chi connectivity index (χ0n) is 11.0. The second-order valence-corrected chi connectivity index (χ2v) is 5.89. The maximum atomic E-state index is 11.2. The lowest BCUT2D eigenvalue weighted by atomic mass is 9.85. The second-order valence-electron chi connectivity index (χ2n) is 5.15. The van der Waals surface area contributed by atoms with E-state index < -0.39 is 8.25 Å². The molecule has 0 amide bonds. The summed E-state index contributed by atoms with van der Waals surface area (Å²) in [6.45, 7) is -0.228. The van der Waals surface area contributed by atoms with Gasteiger partial charge in [-0.25, -0.2) is 0 Å². The summed E-state index contributed by atoms with van der Waals surface area (Å²) in [6, 6.07) is 0. The number of carbonyl (C=O) groups excluding carboxylic acids is 1. The molecule has 1 N–H and O–H groups in total. The Kier molecular flexibility index (Phi) is 8.40. The minimum absolute atomic E-state index is 0.0786. The summed E-state index contributed by atoms with van der Waals surface area (Å²) in [5, 5.41) is 0. The summed E-state index contributed by atoms with van der Waals surface area (Å²) in [7, 11) is -2.63. The van der Waals surface area contributed by atoms with E-state index in [1.165, 1.54) is 44.9 Å². The third kappa shape index (κ3) is 7.91. The van der Waals surface area contributed by atoms with Crippen molar-refractivity contribution in [1.29, 1.82) is 0 Å². The van der Waals surface area contributed by atoms with Crippen LogP contribution in [0.2, 0.25) is 0 Å². The standard InChI is InChI=1S/C13H23O4P/c14-13(11-17-18(15)16)10-6-2-5-9-12-7-3-1-4-8-12/h12H,1-11H2/p+1. The predicted octanol–water partition coefficient (Wildman–Crippen LogP) is 3.75. The van der Waals surface area contributed by atoms with Gasteiger partial charge in [-0.1, -0.05) is 51.4 Å². The Hall–Kier alpha value is -0.310. The van der Waals surface area contributed by atoms with Gasteiger partial charge in [0, 0.05) is 11.0 Å². The highest BCUT2D eigenvalue weighted by atomic mass is 31.1. The van der Waals surface area contributed by atoms with Crippen molar-refractivity contribution in [1.82, 2.24) is 0 Å². The monoisotopic (exact) mass is 275 g/mol. The number of Topliss-reactive ketones (excluding diaryl/α,β-unsaturated/α-hetero) is 1. The second kappa shape index (κ2) is 9.60. The van der Waals surface area contributed by atoms with Gasteiger partial charge in [-0.05, 0) is 12.3 Å². The van der Waals surface area contributed by atoms with E-state index >= 15 is 0 Å². The fourth-order valence-corrected chi connectivity index (χ4v) is 2.86. The van der Waals surface area contributed by atoms with Crippen LogP contribution < -0.4 is 0 Å². The van der Waals surface area contributed by atoms with Crippen LogP contribution in [0, 0.1) is 5.92 Å². The fourth-order valence-electron chi connectivity index (χ4n) is 2.61. The van der Waals surface area contributed by atoms with E-state index in [9.17, 15) is 9.36 Å². The first kappa shape index (κ1) is 15.7. The van der Waals surface area contributed by atoms with E-state index in [1.54, 1.807) is 0 Å². The Morgan fingerprint density at radius 1 is 1.17 bits per heavy atom. The third-order valence-corrected chi connectivity index (χ3v) is 3.98. The van der Waals surface area contributed by atoms with Crippen molar-refractivity contribution in [2.24, 2.45) is 5.92 Å². The van der Waals surface area contributed by atoms with Gasteiger partial charge in [0.2, 0.25) is 0 Å². The Morgan fingerprint density at radius 3 is 2.56 bits per heavy atom. The first-order valence-corrected chi connectivity index (χ1v) is 8.12. The molecular weight excluding hydrogens is 251 g/mol. The van der Waals surface area contributed by atoms with Crippen LogP contribution in [0.3, 0.4) is 0 Å². The van der Waals surface area contributed by atoms with E-state index in [2.05, 4.69) is 4.52 Å². The van der Waals surface area contributed by atoms with Crippen molar-refractivity contribution in [3.8, 4) is 0 Å². The first-order valence-electron chi connectivity index (χ1n) is 6.99. The number of hydrogen-bond donors (Lipinski definition) is 1. The summed E-state index contributed by atoms with van der Waals surface area (Å²) >= 11 is 0. The summed E-state index contributed by atoms with van der Waals surface area (Å²) < 4.78 is 14.6. The molecule has 18 heavy (non-hydrogen) atoms. The summed E-state index contributed by atoms with van der Waals surface area (Å²) in [5.74, 6) is 0.835. The average molecular weight is 275 g/mol. The summed E-state index contributed by atoms with van der Waals surface area (Å²) in [5.41, 5.74) is 0. The van der Waals surface area contributed by atoms with Gasteiger partial charge in [-0.15, -0.1) is 9.42 Å². The van der Waals surface area contributed by atoms with E-state index in [4.69, 9.17) is 4.89 Å². The maximum absolute atomic E-state index is 11.2. The van der Waals surface area contributed by atoms with Crippen molar-refractivity contribution in [2.75, 3.05) is 6.61 Å². The van der Waals surface area contributed by atoms with Gasteiger partial charge in [0.1, 0.15) is 0 Å². The summed E-state index contributed by atoms with van der Waals surface area (Å²) in [6.07, 6.45) is 11.9. The van der Waals surface area contributed by atoms with Gasteiger partial charge >= 0.3 is 8.25 Å². The lowest BCUT2D eigenvalue weighted by Crippen LogP contribution is -2.07. The Balaban J connectivity index is 1.91. The lowest BCUT2D eigenvalue weighted by Gasteiger charge is -2.21. The molecule has 0 radical (unpaired) electrons. The number of hydrogen-bond acceptors (Lipinski definition) is 3. The van der Waals surface area contributed by atoms with E-state index in [-0.39, 0.29) is 12.4 Å². The van der Waals surface area contributed by atoms with Gasteiger partial charge in [-0.2, -0.15) is 0 Å². The highest BCUT2D eigenvalue weighted by Gasteiger charge is 2.15. The smallest absolute Gasteiger partial charge is 0.297 e. The molecule has 1 saturated carbocycles. The molecule has 1 unspecified atom stereocenters. The third-order valence-electron chi connectivity index (χ3n) is 3.63. The molecule has 5 heteroatoms. The van der Waals surface area contributed by atoms with Gasteiger partial charge < -0.3 is 0 Å². The van der Waals surface area contributed by atoms with Crippen molar-refractivity contribution in [2.45, 2.75) is 64.2 Å². The Morgan fingerprint density at radius 2 is 1.89 bits per heavy atom. The molecule has 0 aromatic heterocycles. The van der Waals surface area contributed by atoms with Gasteiger partial charge in [0.05, 0.1) is 0 Å². The molecule has 0 heterocycles. The average Bonchev–Trinajstić information content (AvgIpc) is 2.37. The molecule has 0 aliphatic heterocycles. The Labute approximate surface area is 110 Å². The molecule has 1 aliphatic carbocycles. The van der Waals surface area contributed by atoms with Crippen LogP contribution >= 0.6 is 8.25 Å². The molecule has 1 atom stereocenters. The number of rotatable bonds is 9. The van der Waals surface area contributed by atoms with Crippen molar-refractivity contribution < 1.29 is 18.8 Å². The van der Waals surface area contributed by atoms with Crippen molar-refractivity contribution in [3.05, 3.63) is 0 Å². The van der Waals surface area contributed by atoms with Gasteiger partial charge in [-0.3, -0.25) is 4.79 Å². The zero-order valence-corrected chi connectivity index (χ0v) is 11.9. The van der Waals surface area contributed by atoms with Crippen LogP contribution in [-0.2, 0) is 13.9 Å². The summed E-state index contributed by atoms with van der Waals surface area (Å²) in [4.78, 5) is 19.6. The van der Waals surface area contributed by atoms with Gasteiger partial charge in [0.25, 0.3) is 0 Å². The van der Waals surface area contributed by atoms with Crippen molar-refractivity contribution in [3.63, 3.8) is 0 Å². The topological polar surface area (TPSA) is 63.6 Å². The molecule has 1 rings (SSSR count). The number of unbranched alkanes of at least 4 members (excludes halogenated alkanes) is 2. The predicted molar refractivity (Wildman–Crippen MR) is 70.4 cm³/mol. The molecule has 0 spiro atoms. The number of carbonyl (C=O) groups is 1. The first-order chi connectivity index (χ1) is 8.68. The van der Waals surface area contributed by atoms with Crippen LogP contribution in [0.15, 0.2) is 0 Å². The molecule has 1 fully saturated rings. The highest BCUT2D eigenvalue weighted by Crippen LogP contribution is 2.28. The molecular formula is C13H24O4P+. The molecule has 0 saturated heterocycles. The van der Waals surface area contributed by atoms with Crippen LogP contribution in [0.5, 0.6) is 0 Å². The highest BCUT2D eigenvalue weighted by molar-refractivity contribution is 7.32. The minimum Gasteiger partial charge on any atom is -0.297 e. The SMILES string of the molecule is O=C(CCCCCC1CCCCC1)CO[P+](=O)O. The molecule has 0 bridgehead atoms.